The van der Waals surface area contributed by atoms with Crippen LogP contribution in [0.4, 0.5) is 5.69 Å². The third-order valence-corrected chi connectivity index (χ3v) is 4.75. The zero-order valence-electron chi connectivity index (χ0n) is 18.6. The van der Waals surface area contributed by atoms with Crippen LogP contribution in [0.15, 0.2) is 61.2 Å². The number of ether oxygens (including phenoxy) is 2. The molecule has 1 aliphatic heterocycles. The van der Waals surface area contributed by atoms with Gasteiger partial charge in [-0.1, -0.05) is 32.1 Å². The molecule has 2 aromatic carbocycles. The van der Waals surface area contributed by atoms with Gasteiger partial charge in [0.1, 0.15) is 17.6 Å². The fraction of sp³-hybridized carbons (Fsp3) is 0.400. The number of amides is 1. The zero-order chi connectivity index (χ0) is 21.9. The highest BCUT2D eigenvalue weighted by atomic mass is 16.5. The highest BCUT2D eigenvalue weighted by molar-refractivity contribution is 5.77. The van der Waals surface area contributed by atoms with E-state index < -0.39 is 0 Å². The summed E-state index contributed by atoms with van der Waals surface area (Å²) in [6.45, 7) is 13.9. The Morgan fingerprint density at radius 1 is 1.13 bits per heavy atom. The van der Waals surface area contributed by atoms with Gasteiger partial charge < -0.3 is 19.7 Å². The van der Waals surface area contributed by atoms with E-state index in [0.29, 0.717) is 13.0 Å². The third-order valence-electron chi connectivity index (χ3n) is 4.75. The number of hydrogen-bond donors (Lipinski definition) is 1. The normalized spacial score (nSPS) is 13.9. The van der Waals surface area contributed by atoms with Gasteiger partial charge in [-0.2, -0.15) is 0 Å². The van der Waals surface area contributed by atoms with Gasteiger partial charge in [0.2, 0.25) is 5.91 Å². The predicted molar refractivity (Wildman–Crippen MR) is 123 cm³/mol. The van der Waals surface area contributed by atoms with Crippen molar-refractivity contribution in [3.63, 3.8) is 0 Å². The molecule has 1 amide bonds. The van der Waals surface area contributed by atoms with Gasteiger partial charge in [-0.25, -0.2) is 0 Å². The Kier molecular flexibility index (Phi) is 9.26. The molecule has 0 saturated carbocycles. The highest BCUT2D eigenvalue weighted by Crippen LogP contribution is 2.26. The van der Waals surface area contributed by atoms with Crippen LogP contribution in [0.5, 0.6) is 11.5 Å². The SMILES string of the molecule is C=CCC(=O)N[C@@H](C)c1ccc(OC2CN(c3ccc(OCC)cc3)C2)cc1.CC. The summed E-state index contributed by atoms with van der Waals surface area (Å²) in [5, 5.41) is 2.95. The smallest absolute Gasteiger partial charge is 0.224 e. The summed E-state index contributed by atoms with van der Waals surface area (Å²) in [5.41, 5.74) is 2.23. The van der Waals surface area contributed by atoms with Crippen LogP contribution in [-0.4, -0.2) is 31.7 Å². The van der Waals surface area contributed by atoms with Crippen molar-refractivity contribution in [2.24, 2.45) is 0 Å². The first kappa shape index (κ1) is 23.3. The molecule has 1 saturated heterocycles. The summed E-state index contributed by atoms with van der Waals surface area (Å²) in [7, 11) is 0. The Morgan fingerprint density at radius 3 is 2.30 bits per heavy atom. The molecule has 162 valence electrons. The van der Waals surface area contributed by atoms with Gasteiger partial charge in [-0.15, -0.1) is 6.58 Å². The van der Waals surface area contributed by atoms with Gasteiger partial charge in [0, 0.05) is 12.1 Å². The number of carbonyl (C=O) groups excluding carboxylic acids is 1. The molecule has 0 aromatic heterocycles. The lowest BCUT2D eigenvalue weighted by Gasteiger charge is -2.40. The first-order valence-electron chi connectivity index (χ1n) is 10.7. The van der Waals surface area contributed by atoms with Crippen LogP contribution in [0.3, 0.4) is 0 Å². The molecule has 0 bridgehead atoms. The Bertz CT molecular complexity index is 781. The fourth-order valence-electron chi connectivity index (χ4n) is 3.19. The number of hydrogen-bond acceptors (Lipinski definition) is 4. The molecule has 1 fully saturated rings. The van der Waals surface area contributed by atoms with Crippen LogP contribution in [0.25, 0.3) is 0 Å². The Morgan fingerprint density at radius 2 is 1.73 bits per heavy atom. The molecule has 1 heterocycles. The molecule has 30 heavy (non-hydrogen) atoms. The molecule has 2 aromatic rings. The average Bonchev–Trinajstić information content (AvgIpc) is 2.73. The van der Waals surface area contributed by atoms with Gasteiger partial charge in [-0.3, -0.25) is 4.79 Å². The molecule has 1 aliphatic rings. The van der Waals surface area contributed by atoms with Gasteiger partial charge >= 0.3 is 0 Å². The van der Waals surface area contributed by atoms with E-state index in [1.807, 2.05) is 64.1 Å². The lowest BCUT2D eigenvalue weighted by atomic mass is 10.1. The van der Waals surface area contributed by atoms with Crippen molar-refractivity contribution in [2.45, 2.75) is 46.3 Å². The lowest BCUT2D eigenvalue weighted by Crippen LogP contribution is -2.54. The average molecular weight is 411 g/mol. The van der Waals surface area contributed by atoms with Gasteiger partial charge in [0.05, 0.1) is 25.7 Å². The van der Waals surface area contributed by atoms with Crippen molar-refractivity contribution >= 4 is 11.6 Å². The topological polar surface area (TPSA) is 50.8 Å². The second kappa shape index (κ2) is 11.9. The van der Waals surface area contributed by atoms with Crippen LogP contribution in [-0.2, 0) is 4.79 Å². The number of nitrogens with one attached hydrogen (secondary N) is 1. The molecular formula is C25H34N2O3. The van der Waals surface area contributed by atoms with E-state index >= 15 is 0 Å². The lowest BCUT2D eigenvalue weighted by molar-refractivity contribution is -0.120. The molecule has 1 atom stereocenters. The summed E-state index contributed by atoms with van der Waals surface area (Å²) in [4.78, 5) is 13.9. The van der Waals surface area contributed by atoms with Gasteiger partial charge in [-0.05, 0) is 55.8 Å². The maximum atomic E-state index is 11.7. The van der Waals surface area contributed by atoms with E-state index in [-0.39, 0.29) is 18.1 Å². The van der Waals surface area contributed by atoms with Crippen molar-refractivity contribution < 1.29 is 14.3 Å². The number of carbonyl (C=O) groups is 1. The molecule has 5 heteroatoms. The molecule has 1 N–H and O–H groups in total. The minimum absolute atomic E-state index is 0.0216. The van der Waals surface area contributed by atoms with Crippen LogP contribution in [0.1, 0.15) is 45.7 Å². The van der Waals surface area contributed by atoms with E-state index in [0.717, 1.165) is 30.2 Å². The first-order valence-corrected chi connectivity index (χ1v) is 10.7. The van der Waals surface area contributed by atoms with Crippen LogP contribution >= 0.6 is 0 Å². The third kappa shape index (κ3) is 6.55. The quantitative estimate of drug-likeness (QED) is 0.582. The van der Waals surface area contributed by atoms with E-state index in [2.05, 4.69) is 28.9 Å². The van der Waals surface area contributed by atoms with E-state index in [9.17, 15) is 4.79 Å². The molecule has 3 rings (SSSR count). The molecule has 0 spiro atoms. The van der Waals surface area contributed by atoms with Crippen molar-refractivity contribution in [3.8, 4) is 11.5 Å². The second-order valence-corrected chi connectivity index (χ2v) is 6.92. The minimum Gasteiger partial charge on any atom is -0.494 e. The molecule has 0 radical (unpaired) electrons. The van der Waals surface area contributed by atoms with Crippen LogP contribution in [0, 0.1) is 0 Å². The second-order valence-electron chi connectivity index (χ2n) is 6.92. The maximum absolute atomic E-state index is 11.7. The van der Waals surface area contributed by atoms with Crippen LogP contribution in [0.2, 0.25) is 0 Å². The Hall–Kier alpha value is -2.95. The van der Waals surface area contributed by atoms with E-state index in [1.54, 1.807) is 6.08 Å². The van der Waals surface area contributed by atoms with Crippen molar-refractivity contribution in [1.82, 2.24) is 5.32 Å². The largest absolute Gasteiger partial charge is 0.494 e. The number of rotatable bonds is 9. The summed E-state index contributed by atoms with van der Waals surface area (Å²) in [6, 6.07) is 16.0. The minimum atomic E-state index is -0.0413. The first-order chi connectivity index (χ1) is 14.6. The van der Waals surface area contributed by atoms with Gasteiger partial charge in [0.25, 0.3) is 0 Å². The molecule has 5 nitrogen and oxygen atoms in total. The number of nitrogens with zero attached hydrogens (tertiary/aromatic N) is 1. The Balaban J connectivity index is 0.00000155. The van der Waals surface area contributed by atoms with E-state index in [4.69, 9.17) is 9.47 Å². The van der Waals surface area contributed by atoms with E-state index in [1.165, 1.54) is 5.69 Å². The predicted octanol–water partition coefficient (Wildman–Crippen LogP) is 5.13. The molecule has 0 unspecified atom stereocenters. The number of anilines is 1. The standard InChI is InChI=1S/C23H28N2O3.C2H6/c1-4-6-23(26)24-17(3)18-7-11-21(12-8-18)28-22-15-25(16-22)19-9-13-20(14-10-19)27-5-2;1-2/h4,7-14,17,22H,1,5-6,15-16H2,2-3H3,(H,24,26);1-2H3/t17-;/m0./s1. The Labute approximate surface area is 180 Å². The zero-order valence-corrected chi connectivity index (χ0v) is 18.6. The number of benzene rings is 2. The summed E-state index contributed by atoms with van der Waals surface area (Å²) in [6.07, 6.45) is 2.12. The monoisotopic (exact) mass is 410 g/mol. The summed E-state index contributed by atoms with van der Waals surface area (Å²) >= 11 is 0. The molecule has 0 aliphatic carbocycles. The summed E-state index contributed by atoms with van der Waals surface area (Å²) < 4.78 is 11.5. The van der Waals surface area contributed by atoms with Crippen LogP contribution < -0.4 is 19.7 Å². The van der Waals surface area contributed by atoms with Crippen molar-refractivity contribution in [3.05, 3.63) is 66.7 Å². The fourth-order valence-corrected chi connectivity index (χ4v) is 3.19. The molecular weight excluding hydrogens is 376 g/mol. The van der Waals surface area contributed by atoms with Gasteiger partial charge in [0.15, 0.2) is 0 Å². The maximum Gasteiger partial charge on any atom is 0.224 e. The van der Waals surface area contributed by atoms with Crippen molar-refractivity contribution in [2.75, 3.05) is 24.6 Å². The summed E-state index contributed by atoms with van der Waals surface area (Å²) in [5.74, 6) is 1.73. The van der Waals surface area contributed by atoms with Crippen molar-refractivity contribution in [1.29, 1.82) is 0 Å². The highest BCUT2D eigenvalue weighted by Gasteiger charge is 2.28.